The van der Waals surface area contributed by atoms with Crippen molar-refractivity contribution in [1.29, 1.82) is 0 Å². The van der Waals surface area contributed by atoms with Crippen molar-refractivity contribution in [3.63, 3.8) is 0 Å². The summed E-state index contributed by atoms with van der Waals surface area (Å²) in [6.45, 7) is 4.13. The van der Waals surface area contributed by atoms with E-state index in [2.05, 4.69) is 29.8 Å². The van der Waals surface area contributed by atoms with Gasteiger partial charge < -0.3 is 10.5 Å². The van der Waals surface area contributed by atoms with Gasteiger partial charge in [-0.1, -0.05) is 15.9 Å². The molecule has 2 rings (SSSR count). The van der Waals surface area contributed by atoms with Crippen LogP contribution in [0, 0.1) is 0 Å². The second-order valence-electron chi connectivity index (χ2n) is 4.35. The van der Waals surface area contributed by atoms with Crippen molar-refractivity contribution in [2.24, 2.45) is 5.73 Å². The summed E-state index contributed by atoms with van der Waals surface area (Å²) in [5.74, 6) is 0.914. The van der Waals surface area contributed by atoms with Gasteiger partial charge in [-0.3, -0.25) is 0 Å². The van der Waals surface area contributed by atoms with Crippen LogP contribution in [0.25, 0.3) is 0 Å². The zero-order valence-electron chi connectivity index (χ0n) is 8.38. The molecule has 0 aliphatic carbocycles. The lowest BCUT2D eigenvalue weighted by molar-refractivity contribution is 0.0728. The first-order chi connectivity index (χ1) is 6.48. The van der Waals surface area contributed by atoms with Gasteiger partial charge in [-0.2, -0.15) is 0 Å². The molecule has 14 heavy (non-hydrogen) atoms. The van der Waals surface area contributed by atoms with Crippen LogP contribution in [-0.4, -0.2) is 5.60 Å². The number of rotatable bonds is 0. The minimum absolute atomic E-state index is 0.0752. The summed E-state index contributed by atoms with van der Waals surface area (Å²) >= 11 is 3.44. The van der Waals surface area contributed by atoms with Gasteiger partial charge in [0.2, 0.25) is 0 Å². The molecule has 0 fully saturated rings. The van der Waals surface area contributed by atoms with Crippen molar-refractivity contribution in [2.75, 3.05) is 0 Å². The summed E-state index contributed by atoms with van der Waals surface area (Å²) in [6, 6.07) is 6.06. The lowest BCUT2D eigenvalue weighted by Gasteiger charge is -2.36. The van der Waals surface area contributed by atoms with E-state index in [1.54, 1.807) is 0 Å². The first-order valence-electron chi connectivity index (χ1n) is 4.72. The number of halogens is 1. The molecule has 0 saturated heterocycles. The van der Waals surface area contributed by atoms with Gasteiger partial charge in [0.05, 0.1) is 0 Å². The normalized spacial score (nSPS) is 23.9. The third-order valence-corrected chi connectivity index (χ3v) is 2.96. The van der Waals surface area contributed by atoms with Crippen molar-refractivity contribution < 1.29 is 4.74 Å². The fourth-order valence-electron chi connectivity index (χ4n) is 1.88. The van der Waals surface area contributed by atoms with Gasteiger partial charge in [-0.05, 0) is 32.0 Å². The summed E-state index contributed by atoms with van der Waals surface area (Å²) in [6.07, 6.45) is 0.858. The second-order valence-corrected chi connectivity index (χ2v) is 5.27. The average molecular weight is 256 g/mol. The molecule has 1 aromatic rings. The van der Waals surface area contributed by atoms with Crippen LogP contribution < -0.4 is 10.5 Å². The van der Waals surface area contributed by atoms with Crippen molar-refractivity contribution >= 4 is 15.9 Å². The Balaban J connectivity index is 2.45. The zero-order valence-corrected chi connectivity index (χ0v) is 9.97. The molecule has 1 aliphatic heterocycles. The van der Waals surface area contributed by atoms with Crippen molar-refractivity contribution in [2.45, 2.75) is 31.9 Å². The number of benzene rings is 1. The molecule has 1 atom stereocenters. The molecule has 0 bridgehead atoms. The highest BCUT2D eigenvalue weighted by molar-refractivity contribution is 9.10. The fraction of sp³-hybridized carbons (Fsp3) is 0.455. The topological polar surface area (TPSA) is 35.2 Å². The van der Waals surface area contributed by atoms with Crippen LogP contribution in [0.15, 0.2) is 22.7 Å². The molecule has 0 saturated carbocycles. The molecule has 0 aromatic heterocycles. The Labute approximate surface area is 92.6 Å². The van der Waals surface area contributed by atoms with Crippen LogP contribution in [-0.2, 0) is 0 Å². The van der Waals surface area contributed by atoms with Gasteiger partial charge in [0.15, 0.2) is 0 Å². The maximum atomic E-state index is 6.09. The number of ether oxygens (including phenoxy) is 1. The Morgan fingerprint density at radius 2 is 2.21 bits per heavy atom. The van der Waals surface area contributed by atoms with E-state index in [0.29, 0.717) is 0 Å². The zero-order chi connectivity index (χ0) is 10.3. The van der Waals surface area contributed by atoms with E-state index < -0.39 is 0 Å². The number of hydrogen-bond acceptors (Lipinski definition) is 2. The minimum atomic E-state index is -0.153. The third-order valence-electron chi connectivity index (χ3n) is 2.47. The standard InChI is InChI=1S/C11H14BrNO/c1-11(2)6-9(13)8-5-7(12)3-4-10(8)14-11/h3-5,9H,6,13H2,1-2H3. The summed E-state index contributed by atoms with van der Waals surface area (Å²) in [5, 5.41) is 0. The predicted octanol–water partition coefficient (Wildman–Crippen LogP) is 3.01. The van der Waals surface area contributed by atoms with Crippen LogP contribution in [0.1, 0.15) is 31.9 Å². The molecule has 2 nitrogen and oxygen atoms in total. The Bertz CT molecular complexity index is 362. The molecule has 0 spiro atoms. The second kappa shape index (κ2) is 3.24. The lowest BCUT2D eigenvalue weighted by Crippen LogP contribution is -2.37. The molecule has 3 heteroatoms. The maximum absolute atomic E-state index is 6.09. The van der Waals surface area contributed by atoms with E-state index in [4.69, 9.17) is 10.5 Å². The van der Waals surface area contributed by atoms with Crippen LogP contribution in [0.4, 0.5) is 0 Å². The fourth-order valence-corrected chi connectivity index (χ4v) is 2.26. The van der Waals surface area contributed by atoms with Crippen LogP contribution in [0.3, 0.4) is 0 Å². The highest BCUT2D eigenvalue weighted by atomic mass is 79.9. The molecule has 1 aliphatic rings. The average Bonchev–Trinajstić information content (AvgIpc) is 2.05. The Morgan fingerprint density at radius 1 is 1.50 bits per heavy atom. The molecule has 2 N–H and O–H groups in total. The Hall–Kier alpha value is -0.540. The van der Waals surface area contributed by atoms with Crippen molar-refractivity contribution in [3.05, 3.63) is 28.2 Å². The van der Waals surface area contributed by atoms with Crippen LogP contribution in [0.5, 0.6) is 5.75 Å². The highest BCUT2D eigenvalue weighted by Crippen LogP contribution is 2.39. The summed E-state index contributed by atoms with van der Waals surface area (Å²) in [5.41, 5.74) is 7.03. The molecule has 1 heterocycles. The SMILES string of the molecule is CC1(C)CC(N)c2cc(Br)ccc2O1. The Kier molecular flexibility index (Phi) is 2.32. The smallest absolute Gasteiger partial charge is 0.124 e. The lowest BCUT2D eigenvalue weighted by atomic mass is 9.90. The largest absolute Gasteiger partial charge is 0.487 e. The van der Waals surface area contributed by atoms with Gasteiger partial charge in [-0.25, -0.2) is 0 Å². The first kappa shape index (κ1) is 9.99. The van der Waals surface area contributed by atoms with E-state index in [9.17, 15) is 0 Å². The molecule has 76 valence electrons. The van der Waals surface area contributed by atoms with Gasteiger partial charge in [0.25, 0.3) is 0 Å². The van der Waals surface area contributed by atoms with Gasteiger partial charge in [-0.15, -0.1) is 0 Å². The molecule has 0 amide bonds. The predicted molar refractivity (Wildman–Crippen MR) is 60.4 cm³/mol. The van der Waals surface area contributed by atoms with Gasteiger partial charge in [0.1, 0.15) is 11.4 Å². The number of hydrogen-bond donors (Lipinski definition) is 1. The molecule has 1 unspecified atom stereocenters. The quantitative estimate of drug-likeness (QED) is 0.774. The molecular formula is C11H14BrNO. The molecule has 0 radical (unpaired) electrons. The minimum Gasteiger partial charge on any atom is -0.487 e. The van der Waals surface area contributed by atoms with Crippen LogP contribution in [0.2, 0.25) is 0 Å². The number of fused-ring (bicyclic) bond motifs is 1. The van der Waals surface area contributed by atoms with E-state index in [1.807, 2.05) is 18.2 Å². The highest BCUT2D eigenvalue weighted by Gasteiger charge is 2.31. The molecular weight excluding hydrogens is 242 g/mol. The van der Waals surface area contributed by atoms with Crippen molar-refractivity contribution in [1.82, 2.24) is 0 Å². The number of nitrogens with two attached hydrogens (primary N) is 1. The van der Waals surface area contributed by atoms with E-state index in [0.717, 1.165) is 22.2 Å². The first-order valence-corrected chi connectivity index (χ1v) is 5.51. The maximum Gasteiger partial charge on any atom is 0.124 e. The van der Waals surface area contributed by atoms with E-state index in [1.165, 1.54) is 0 Å². The molecule has 1 aromatic carbocycles. The van der Waals surface area contributed by atoms with Crippen LogP contribution >= 0.6 is 15.9 Å². The summed E-state index contributed by atoms with van der Waals surface area (Å²) in [7, 11) is 0. The summed E-state index contributed by atoms with van der Waals surface area (Å²) in [4.78, 5) is 0. The van der Waals surface area contributed by atoms with Gasteiger partial charge >= 0.3 is 0 Å². The van der Waals surface area contributed by atoms with E-state index >= 15 is 0 Å². The van der Waals surface area contributed by atoms with Crippen molar-refractivity contribution in [3.8, 4) is 5.75 Å². The third kappa shape index (κ3) is 1.79. The summed E-state index contributed by atoms with van der Waals surface area (Å²) < 4.78 is 6.89. The van der Waals surface area contributed by atoms with Gasteiger partial charge in [0, 0.05) is 22.5 Å². The van der Waals surface area contributed by atoms with E-state index in [-0.39, 0.29) is 11.6 Å². The Morgan fingerprint density at radius 3 is 2.93 bits per heavy atom. The monoisotopic (exact) mass is 255 g/mol.